The van der Waals surface area contributed by atoms with Gasteiger partial charge in [0.2, 0.25) is 0 Å². The van der Waals surface area contributed by atoms with Gasteiger partial charge in [-0.15, -0.1) is 0 Å². The highest BCUT2D eigenvalue weighted by Gasteiger charge is 2.09. The first-order valence-electron chi connectivity index (χ1n) is 7.25. The molecule has 0 spiro atoms. The van der Waals surface area contributed by atoms with E-state index in [9.17, 15) is 16.8 Å². The summed E-state index contributed by atoms with van der Waals surface area (Å²) in [5.74, 6) is 0. The van der Waals surface area contributed by atoms with Crippen molar-refractivity contribution in [2.75, 3.05) is 6.54 Å². The van der Waals surface area contributed by atoms with Crippen molar-refractivity contribution in [3.05, 3.63) is 59.7 Å². The molecule has 0 aromatic heterocycles. The van der Waals surface area contributed by atoms with Crippen LogP contribution >= 0.6 is 0 Å². The number of benzene rings is 2. The standard InChI is InChI=1S/C15H18N2O6S2/c18-24(19,20)14-5-1-12(2-6-14)9-10-16-17-11-13-3-7-15(8-4-13)25(21,22)23/h1-8,16-17H,9-11H2,(H,18,19,20)(H,21,22,23). The molecule has 2 rings (SSSR count). The van der Waals surface area contributed by atoms with Gasteiger partial charge in [0.1, 0.15) is 0 Å². The maximum atomic E-state index is 10.9. The molecule has 0 fully saturated rings. The molecule has 0 atom stereocenters. The van der Waals surface area contributed by atoms with E-state index in [1.54, 1.807) is 24.3 Å². The van der Waals surface area contributed by atoms with Gasteiger partial charge in [-0.3, -0.25) is 20.0 Å². The monoisotopic (exact) mass is 386 g/mol. The van der Waals surface area contributed by atoms with Crippen LogP contribution in [0.25, 0.3) is 0 Å². The van der Waals surface area contributed by atoms with E-state index in [0.29, 0.717) is 19.5 Å². The van der Waals surface area contributed by atoms with Crippen LogP contribution in [-0.2, 0) is 33.2 Å². The smallest absolute Gasteiger partial charge is 0.282 e. The molecule has 0 radical (unpaired) electrons. The van der Waals surface area contributed by atoms with Crippen molar-refractivity contribution >= 4 is 20.2 Å². The van der Waals surface area contributed by atoms with Crippen LogP contribution in [0.1, 0.15) is 11.1 Å². The minimum Gasteiger partial charge on any atom is -0.282 e. The van der Waals surface area contributed by atoms with Crippen molar-refractivity contribution in [2.24, 2.45) is 0 Å². The highest BCUT2D eigenvalue weighted by atomic mass is 32.2. The molecule has 0 aliphatic carbocycles. The molecule has 136 valence electrons. The van der Waals surface area contributed by atoms with Gasteiger partial charge < -0.3 is 0 Å². The van der Waals surface area contributed by atoms with E-state index in [0.717, 1.165) is 11.1 Å². The van der Waals surface area contributed by atoms with Gasteiger partial charge in [0.25, 0.3) is 20.2 Å². The zero-order valence-corrected chi connectivity index (χ0v) is 14.7. The third-order valence-electron chi connectivity index (χ3n) is 3.40. The first-order valence-corrected chi connectivity index (χ1v) is 10.1. The average molecular weight is 386 g/mol. The molecule has 0 saturated heterocycles. The van der Waals surface area contributed by atoms with Crippen LogP contribution in [-0.4, -0.2) is 32.5 Å². The molecule has 8 nitrogen and oxygen atoms in total. The van der Waals surface area contributed by atoms with Crippen LogP contribution in [0.3, 0.4) is 0 Å². The Kier molecular flexibility index (Phi) is 6.27. The van der Waals surface area contributed by atoms with Gasteiger partial charge in [-0.25, -0.2) is 0 Å². The summed E-state index contributed by atoms with van der Waals surface area (Å²) in [5, 5.41) is 0. The second-order valence-electron chi connectivity index (χ2n) is 5.27. The normalized spacial score (nSPS) is 12.2. The molecular weight excluding hydrogens is 368 g/mol. The summed E-state index contributed by atoms with van der Waals surface area (Å²) in [4.78, 5) is -0.298. The van der Waals surface area contributed by atoms with E-state index in [2.05, 4.69) is 10.9 Å². The molecule has 0 aliphatic rings. The Morgan fingerprint density at radius 3 is 1.56 bits per heavy atom. The van der Waals surface area contributed by atoms with E-state index in [1.807, 2.05) is 0 Å². The predicted octanol–water partition coefficient (Wildman–Crippen LogP) is 1.02. The van der Waals surface area contributed by atoms with Gasteiger partial charge in [-0.2, -0.15) is 16.8 Å². The number of hydrogen-bond donors (Lipinski definition) is 4. The first kappa shape index (κ1) is 19.5. The second kappa shape index (κ2) is 8.04. The summed E-state index contributed by atoms with van der Waals surface area (Å²) in [7, 11) is -8.35. The van der Waals surface area contributed by atoms with Gasteiger partial charge in [0.15, 0.2) is 0 Å². The lowest BCUT2D eigenvalue weighted by Gasteiger charge is -2.08. The molecular formula is C15H18N2O6S2. The van der Waals surface area contributed by atoms with Gasteiger partial charge in [-0.1, -0.05) is 24.3 Å². The van der Waals surface area contributed by atoms with Crippen LogP contribution < -0.4 is 10.9 Å². The molecule has 0 bridgehead atoms. The SMILES string of the molecule is O=S(=O)(O)c1ccc(CCNNCc2ccc(S(=O)(=O)O)cc2)cc1. The molecule has 0 aliphatic heterocycles. The average Bonchev–Trinajstić information content (AvgIpc) is 2.54. The summed E-state index contributed by atoms with van der Waals surface area (Å²) >= 11 is 0. The molecule has 2 aromatic carbocycles. The summed E-state index contributed by atoms with van der Waals surface area (Å²) in [6.45, 7) is 1.03. The maximum Gasteiger partial charge on any atom is 0.294 e. The van der Waals surface area contributed by atoms with Crippen LogP contribution in [0.4, 0.5) is 0 Å². The topological polar surface area (TPSA) is 133 Å². The molecule has 25 heavy (non-hydrogen) atoms. The van der Waals surface area contributed by atoms with Crippen molar-refractivity contribution in [2.45, 2.75) is 22.8 Å². The van der Waals surface area contributed by atoms with Crippen LogP contribution in [0.2, 0.25) is 0 Å². The third kappa shape index (κ3) is 6.20. The lowest BCUT2D eigenvalue weighted by Crippen LogP contribution is -2.32. The Balaban J connectivity index is 1.75. The Bertz CT molecular complexity index is 830. The van der Waals surface area contributed by atoms with E-state index in [-0.39, 0.29) is 9.79 Å². The van der Waals surface area contributed by atoms with E-state index >= 15 is 0 Å². The fourth-order valence-corrected chi connectivity index (χ4v) is 3.03. The zero-order valence-electron chi connectivity index (χ0n) is 13.1. The number of hydrogen-bond acceptors (Lipinski definition) is 6. The summed E-state index contributed by atoms with van der Waals surface area (Å²) in [6, 6.07) is 11.8. The minimum absolute atomic E-state index is 0.143. The first-order chi connectivity index (χ1) is 11.7. The van der Waals surface area contributed by atoms with Crippen LogP contribution in [0.15, 0.2) is 58.3 Å². The minimum atomic E-state index is -4.18. The summed E-state index contributed by atoms with van der Waals surface area (Å²) in [5.41, 5.74) is 7.69. The highest BCUT2D eigenvalue weighted by molar-refractivity contribution is 7.86. The fourth-order valence-electron chi connectivity index (χ4n) is 2.07. The Labute approximate surface area is 146 Å². The van der Waals surface area contributed by atoms with Crippen molar-refractivity contribution in [3.8, 4) is 0 Å². The molecule has 2 aromatic rings. The molecule has 10 heteroatoms. The fraction of sp³-hybridized carbons (Fsp3) is 0.200. The van der Waals surface area contributed by atoms with Crippen LogP contribution in [0.5, 0.6) is 0 Å². The maximum absolute atomic E-state index is 10.9. The Hall–Kier alpha value is -1.82. The number of hydrazine groups is 1. The molecule has 0 amide bonds. The molecule has 0 heterocycles. The van der Waals surface area contributed by atoms with Crippen molar-refractivity contribution < 1.29 is 25.9 Å². The number of nitrogens with one attached hydrogen (secondary N) is 2. The van der Waals surface area contributed by atoms with Gasteiger partial charge in [0.05, 0.1) is 9.79 Å². The highest BCUT2D eigenvalue weighted by Crippen LogP contribution is 2.11. The summed E-state index contributed by atoms with van der Waals surface area (Å²) < 4.78 is 61.5. The molecule has 4 N–H and O–H groups in total. The quantitative estimate of drug-likeness (QED) is 0.300. The van der Waals surface area contributed by atoms with E-state index in [1.165, 1.54) is 24.3 Å². The third-order valence-corrected chi connectivity index (χ3v) is 5.13. The zero-order chi connectivity index (χ0) is 18.5. The van der Waals surface area contributed by atoms with Gasteiger partial charge >= 0.3 is 0 Å². The van der Waals surface area contributed by atoms with Crippen molar-refractivity contribution in [3.63, 3.8) is 0 Å². The summed E-state index contributed by atoms with van der Waals surface area (Å²) in [6.07, 6.45) is 0.639. The predicted molar refractivity (Wildman–Crippen MR) is 91.1 cm³/mol. The van der Waals surface area contributed by atoms with Crippen LogP contribution in [0, 0.1) is 0 Å². The second-order valence-corrected chi connectivity index (χ2v) is 8.11. The molecule has 0 unspecified atom stereocenters. The van der Waals surface area contributed by atoms with Crippen molar-refractivity contribution in [1.82, 2.24) is 10.9 Å². The number of rotatable bonds is 8. The lowest BCUT2D eigenvalue weighted by molar-refractivity contribution is 0.481. The Morgan fingerprint density at radius 1 is 0.680 bits per heavy atom. The largest absolute Gasteiger partial charge is 0.294 e. The molecule has 0 saturated carbocycles. The van der Waals surface area contributed by atoms with E-state index < -0.39 is 20.2 Å². The van der Waals surface area contributed by atoms with Gasteiger partial charge in [-0.05, 0) is 41.8 Å². The van der Waals surface area contributed by atoms with Gasteiger partial charge in [0, 0.05) is 13.1 Å². The lowest BCUT2D eigenvalue weighted by atomic mass is 10.1. The van der Waals surface area contributed by atoms with Crippen molar-refractivity contribution in [1.29, 1.82) is 0 Å². The van der Waals surface area contributed by atoms with E-state index in [4.69, 9.17) is 9.11 Å². The Morgan fingerprint density at radius 2 is 1.12 bits per heavy atom.